The van der Waals surface area contributed by atoms with E-state index < -0.39 is 12.0 Å². The van der Waals surface area contributed by atoms with Crippen molar-refractivity contribution < 1.29 is 9.90 Å². The zero-order valence-corrected chi connectivity index (χ0v) is 6.91. The van der Waals surface area contributed by atoms with Gasteiger partial charge in [-0.25, -0.2) is 0 Å². The van der Waals surface area contributed by atoms with Crippen molar-refractivity contribution in [3.63, 3.8) is 0 Å². The highest BCUT2D eigenvalue weighted by Crippen LogP contribution is 1.92. The van der Waals surface area contributed by atoms with Crippen LogP contribution in [0, 0.1) is 0 Å². The van der Waals surface area contributed by atoms with Crippen LogP contribution >= 0.6 is 22.6 Å². The molecule has 0 radical (unpaired) electrons. The van der Waals surface area contributed by atoms with E-state index in [1.54, 1.807) is 10.2 Å². The lowest BCUT2D eigenvalue weighted by Crippen LogP contribution is -2.29. The molecule has 4 heteroatoms. The van der Waals surface area contributed by atoms with Gasteiger partial charge in [0.15, 0.2) is 0 Å². The lowest BCUT2D eigenvalue weighted by Gasteiger charge is -1.98. The minimum atomic E-state index is -0.954. The van der Waals surface area contributed by atoms with Gasteiger partial charge in [0.25, 0.3) is 0 Å². The van der Waals surface area contributed by atoms with Crippen LogP contribution in [-0.4, -0.2) is 17.1 Å². The van der Waals surface area contributed by atoms with Crippen LogP contribution in [0.5, 0.6) is 0 Å². The van der Waals surface area contributed by atoms with E-state index in [1.165, 1.54) is 0 Å². The van der Waals surface area contributed by atoms with Gasteiger partial charge in [-0.05, 0) is 10.5 Å². The summed E-state index contributed by atoms with van der Waals surface area (Å²) in [6, 6.07) is -0.754. The molecule has 0 bridgehead atoms. The Kier molecular flexibility index (Phi) is 4.70. The first-order chi connectivity index (χ1) is 4.18. The summed E-state index contributed by atoms with van der Waals surface area (Å²) in [6.45, 7) is 0. The molecule has 0 rings (SSSR count). The Morgan fingerprint density at radius 2 is 2.44 bits per heavy atom. The van der Waals surface area contributed by atoms with Gasteiger partial charge in [0.05, 0.1) is 0 Å². The number of hydrogen-bond acceptors (Lipinski definition) is 2. The molecule has 3 N–H and O–H groups in total. The average molecular weight is 241 g/mol. The van der Waals surface area contributed by atoms with Crippen LogP contribution in [0.3, 0.4) is 0 Å². The summed E-state index contributed by atoms with van der Waals surface area (Å²) in [5.41, 5.74) is 5.15. The van der Waals surface area contributed by atoms with Gasteiger partial charge in [0.2, 0.25) is 0 Å². The first-order valence-electron chi connectivity index (χ1n) is 2.42. The van der Waals surface area contributed by atoms with Gasteiger partial charge in [-0.3, -0.25) is 4.79 Å². The van der Waals surface area contributed by atoms with Gasteiger partial charge in [-0.2, -0.15) is 0 Å². The van der Waals surface area contributed by atoms with Crippen molar-refractivity contribution >= 4 is 28.6 Å². The molecule has 0 aromatic heterocycles. The predicted octanol–water partition coefficient (Wildman–Crippen LogP) is 0.737. The van der Waals surface area contributed by atoms with Crippen LogP contribution in [0.15, 0.2) is 10.2 Å². The molecule has 0 aromatic carbocycles. The number of nitrogens with two attached hydrogens (primary N) is 1. The molecule has 0 unspecified atom stereocenters. The molecule has 9 heavy (non-hydrogen) atoms. The van der Waals surface area contributed by atoms with Gasteiger partial charge >= 0.3 is 5.97 Å². The number of halogens is 1. The molecule has 1 atom stereocenters. The smallest absolute Gasteiger partial charge is 0.320 e. The van der Waals surface area contributed by atoms with Crippen LogP contribution in [0.2, 0.25) is 0 Å². The first-order valence-corrected chi connectivity index (χ1v) is 3.66. The molecule has 0 heterocycles. The number of carboxylic acids is 1. The Morgan fingerprint density at radius 1 is 1.89 bits per heavy atom. The molecule has 0 spiro atoms. The largest absolute Gasteiger partial charge is 0.480 e. The molecule has 52 valence electrons. The normalized spacial score (nSPS) is 14.0. The van der Waals surface area contributed by atoms with Crippen LogP contribution < -0.4 is 5.73 Å². The summed E-state index contributed by atoms with van der Waals surface area (Å²) in [4.78, 5) is 10.0. The Bertz CT molecular complexity index is 124. The summed E-state index contributed by atoms with van der Waals surface area (Å²) >= 11 is 2.02. The second-order valence-corrected chi connectivity index (χ2v) is 2.26. The van der Waals surface area contributed by atoms with Crippen molar-refractivity contribution in [2.45, 2.75) is 12.5 Å². The van der Waals surface area contributed by atoms with Crippen LogP contribution in [0.4, 0.5) is 0 Å². The second kappa shape index (κ2) is 4.75. The lowest BCUT2D eigenvalue weighted by atomic mass is 10.2. The first kappa shape index (κ1) is 8.90. The highest BCUT2D eigenvalue weighted by Gasteiger charge is 2.07. The predicted molar refractivity (Wildman–Crippen MR) is 43.4 cm³/mol. The molecule has 0 fully saturated rings. The maximum Gasteiger partial charge on any atom is 0.320 e. The van der Waals surface area contributed by atoms with Gasteiger partial charge in [0.1, 0.15) is 6.04 Å². The molecule has 3 nitrogen and oxygen atoms in total. The number of aliphatic carboxylic acids is 1. The Balaban J connectivity index is 3.50. The lowest BCUT2D eigenvalue weighted by molar-refractivity contribution is -0.138. The van der Waals surface area contributed by atoms with E-state index in [0.29, 0.717) is 6.42 Å². The molecule has 0 aliphatic heterocycles. The van der Waals surface area contributed by atoms with Crippen molar-refractivity contribution in [3.8, 4) is 0 Å². The number of carboxylic acid groups (broad SMARTS) is 1. The fraction of sp³-hybridized carbons (Fsp3) is 0.400. The molecular formula is C5H8INO2. The zero-order chi connectivity index (χ0) is 7.28. The molecule has 0 saturated heterocycles. The molecule has 0 aromatic rings. The van der Waals surface area contributed by atoms with Crippen molar-refractivity contribution in [2.75, 3.05) is 0 Å². The zero-order valence-electron chi connectivity index (χ0n) is 4.75. The van der Waals surface area contributed by atoms with E-state index in [1.807, 2.05) is 22.6 Å². The quantitative estimate of drug-likeness (QED) is 0.716. The minimum absolute atomic E-state index is 0.401. The van der Waals surface area contributed by atoms with Gasteiger partial charge in [-0.1, -0.05) is 28.7 Å². The van der Waals surface area contributed by atoms with E-state index in [4.69, 9.17) is 10.8 Å². The monoisotopic (exact) mass is 241 g/mol. The SMILES string of the molecule is N[C@H](C/C=C/I)C(=O)O. The second-order valence-electron chi connectivity index (χ2n) is 1.54. The maximum absolute atomic E-state index is 10.0. The number of rotatable bonds is 3. The summed E-state index contributed by atoms with van der Waals surface area (Å²) < 4.78 is 1.75. The third-order valence-electron chi connectivity index (χ3n) is 0.796. The summed E-state index contributed by atoms with van der Waals surface area (Å²) in [6.07, 6.45) is 2.12. The summed E-state index contributed by atoms with van der Waals surface area (Å²) in [5, 5.41) is 8.25. The maximum atomic E-state index is 10.0. The Hall–Kier alpha value is -0.100. The summed E-state index contributed by atoms with van der Waals surface area (Å²) in [7, 11) is 0. The molecule has 0 aliphatic carbocycles. The third kappa shape index (κ3) is 4.41. The molecular weight excluding hydrogens is 233 g/mol. The Labute approximate surface area is 67.1 Å². The van der Waals surface area contributed by atoms with Gasteiger partial charge in [-0.15, -0.1) is 0 Å². The highest BCUT2D eigenvalue weighted by atomic mass is 127. The van der Waals surface area contributed by atoms with E-state index in [0.717, 1.165) is 0 Å². The van der Waals surface area contributed by atoms with Gasteiger partial charge in [0, 0.05) is 0 Å². The summed E-state index contributed by atoms with van der Waals surface area (Å²) in [5.74, 6) is -0.954. The van der Waals surface area contributed by atoms with Crippen molar-refractivity contribution in [1.82, 2.24) is 0 Å². The average Bonchev–Trinajstić information content (AvgIpc) is 1.82. The van der Waals surface area contributed by atoms with Crippen molar-refractivity contribution in [2.24, 2.45) is 5.73 Å². The fourth-order valence-corrected chi connectivity index (χ4v) is 0.592. The minimum Gasteiger partial charge on any atom is -0.480 e. The van der Waals surface area contributed by atoms with Crippen molar-refractivity contribution in [1.29, 1.82) is 0 Å². The fourth-order valence-electron chi connectivity index (χ4n) is 0.299. The topological polar surface area (TPSA) is 63.3 Å². The van der Waals surface area contributed by atoms with Crippen LogP contribution in [0.1, 0.15) is 6.42 Å². The standard InChI is InChI=1S/C5H8INO2/c6-3-1-2-4(7)5(8)9/h1,3-4H,2,7H2,(H,8,9)/b3-1+/t4-/m1/s1. The number of carbonyl (C=O) groups is 1. The molecule has 0 saturated carbocycles. The molecule has 0 aliphatic rings. The van der Waals surface area contributed by atoms with Crippen molar-refractivity contribution in [3.05, 3.63) is 10.2 Å². The van der Waals surface area contributed by atoms with E-state index in [9.17, 15) is 4.79 Å². The van der Waals surface area contributed by atoms with E-state index in [2.05, 4.69) is 0 Å². The molecule has 0 amide bonds. The van der Waals surface area contributed by atoms with E-state index >= 15 is 0 Å². The third-order valence-corrected chi connectivity index (χ3v) is 1.30. The van der Waals surface area contributed by atoms with Crippen LogP contribution in [0.25, 0.3) is 0 Å². The Morgan fingerprint density at radius 3 is 2.78 bits per heavy atom. The van der Waals surface area contributed by atoms with E-state index in [-0.39, 0.29) is 0 Å². The highest BCUT2D eigenvalue weighted by molar-refractivity contribution is 14.1. The number of hydrogen-bond donors (Lipinski definition) is 2. The van der Waals surface area contributed by atoms with Gasteiger partial charge < -0.3 is 10.8 Å². The van der Waals surface area contributed by atoms with Crippen LogP contribution in [-0.2, 0) is 4.79 Å².